The van der Waals surface area contributed by atoms with E-state index < -0.39 is 0 Å². The van der Waals surface area contributed by atoms with Crippen LogP contribution in [0.25, 0.3) is 33.5 Å². The van der Waals surface area contributed by atoms with Crippen LogP contribution >= 0.6 is 11.8 Å². The number of pyridine rings is 1. The number of thioether (sulfide) groups is 1. The van der Waals surface area contributed by atoms with E-state index in [1.165, 1.54) is 42.3 Å². The van der Waals surface area contributed by atoms with Gasteiger partial charge in [0.05, 0.1) is 36.7 Å². The molecule has 0 bridgehead atoms. The van der Waals surface area contributed by atoms with Crippen molar-refractivity contribution in [1.82, 2.24) is 24.4 Å². The van der Waals surface area contributed by atoms with Gasteiger partial charge < -0.3 is 24.2 Å². The Kier molecular flexibility index (Phi) is 7.20. The maximum Gasteiger partial charge on any atom is 0.258 e. The van der Waals surface area contributed by atoms with Gasteiger partial charge >= 0.3 is 0 Å². The number of benzene rings is 1. The second kappa shape index (κ2) is 10.6. The molecular formula is C31H39N5O2S. The van der Waals surface area contributed by atoms with Gasteiger partial charge in [0.25, 0.3) is 5.56 Å². The number of aromatic nitrogens is 4. The van der Waals surface area contributed by atoms with Crippen molar-refractivity contribution in [3.05, 3.63) is 58.3 Å². The molecule has 2 fully saturated rings. The molecule has 0 unspecified atom stereocenters. The number of H-pyrrole nitrogens is 1. The van der Waals surface area contributed by atoms with Gasteiger partial charge in [-0.05, 0) is 70.8 Å². The Morgan fingerprint density at radius 1 is 1.10 bits per heavy atom. The highest BCUT2D eigenvalue weighted by Gasteiger charge is 2.31. The van der Waals surface area contributed by atoms with Gasteiger partial charge in [0.2, 0.25) is 0 Å². The van der Waals surface area contributed by atoms with E-state index in [1.807, 2.05) is 32.5 Å². The summed E-state index contributed by atoms with van der Waals surface area (Å²) in [7, 11) is 2.03. The third kappa shape index (κ3) is 4.66. The van der Waals surface area contributed by atoms with E-state index in [0.29, 0.717) is 29.6 Å². The SMILES string of the molecule is CSc1cc(C)[nH]c(=O)c1-c1cnc(-c2c(C)n([C@H](C)C3CCC(NC4COC4)CC3)c3ccccc23)n1C. The lowest BCUT2D eigenvalue weighted by molar-refractivity contribution is -0.0130. The molecule has 6 rings (SSSR count). The Morgan fingerprint density at radius 3 is 2.54 bits per heavy atom. The molecule has 0 radical (unpaired) electrons. The monoisotopic (exact) mass is 545 g/mol. The van der Waals surface area contributed by atoms with Gasteiger partial charge in [-0.1, -0.05) is 18.2 Å². The van der Waals surface area contributed by atoms with Gasteiger partial charge in [-0.25, -0.2) is 4.98 Å². The summed E-state index contributed by atoms with van der Waals surface area (Å²) in [6.07, 6.45) is 8.77. The van der Waals surface area contributed by atoms with Crippen LogP contribution in [-0.4, -0.2) is 50.7 Å². The lowest BCUT2D eigenvalue weighted by Gasteiger charge is -2.37. The first-order valence-electron chi connectivity index (χ1n) is 14.1. The summed E-state index contributed by atoms with van der Waals surface area (Å²) in [6.45, 7) is 8.27. The van der Waals surface area contributed by atoms with Crippen molar-refractivity contribution in [2.45, 2.75) is 69.5 Å². The minimum Gasteiger partial charge on any atom is -0.378 e. The number of para-hydroxylation sites is 1. The van der Waals surface area contributed by atoms with Crippen molar-refractivity contribution in [2.24, 2.45) is 13.0 Å². The average Bonchev–Trinajstić information content (AvgIpc) is 3.41. The fourth-order valence-electron chi connectivity index (χ4n) is 6.78. The number of hydrogen-bond acceptors (Lipinski definition) is 5. The number of nitrogens with zero attached hydrogens (tertiary/aromatic N) is 3. The van der Waals surface area contributed by atoms with Crippen molar-refractivity contribution in [1.29, 1.82) is 0 Å². The summed E-state index contributed by atoms with van der Waals surface area (Å²) in [5.41, 5.74) is 5.96. The quantitative estimate of drug-likeness (QED) is 0.285. The minimum atomic E-state index is -0.0726. The van der Waals surface area contributed by atoms with Gasteiger partial charge in [-0.2, -0.15) is 0 Å². The van der Waals surface area contributed by atoms with Crippen molar-refractivity contribution >= 4 is 22.7 Å². The molecule has 0 spiro atoms. The molecule has 8 heteroatoms. The first-order valence-corrected chi connectivity index (χ1v) is 15.3. The fourth-order valence-corrected chi connectivity index (χ4v) is 7.47. The molecule has 2 aliphatic rings. The summed E-state index contributed by atoms with van der Waals surface area (Å²) in [4.78, 5) is 21.9. The third-order valence-corrected chi connectivity index (χ3v) is 9.71. The molecule has 2 N–H and O–H groups in total. The molecule has 1 aliphatic heterocycles. The normalized spacial score (nSPS) is 20.8. The Hall–Kier alpha value is -2.81. The zero-order chi connectivity index (χ0) is 27.3. The van der Waals surface area contributed by atoms with E-state index in [9.17, 15) is 4.79 Å². The van der Waals surface area contributed by atoms with Gasteiger partial charge in [-0.3, -0.25) is 4.79 Å². The summed E-state index contributed by atoms with van der Waals surface area (Å²) in [5.74, 6) is 1.53. The standard InChI is InChI=1S/C31H39N5O2S/c1-18-14-27(39-5)29(31(37)33-18)26-15-32-30(35(26)4)28-20(3)36(25-9-7-6-8-24(25)28)19(2)21-10-12-22(13-11-21)34-23-16-38-17-23/h6-9,14-15,19,21-23,34H,10-13,16-17H2,1-5H3,(H,33,37)/t19-,21?,22?/m1/s1. The zero-order valence-corrected chi connectivity index (χ0v) is 24.4. The molecule has 4 aromatic rings. The average molecular weight is 546 g/mol. The first-order chi connectivity index (χ1) is 18.9. The Balaban J connectivity index is 1.36. The topological polar surface area (TPSA) is 76.9 Å². The first kappa shape index (κ1) is 26.4. The zero-order valence-electron chi connectivity index (χ0n) is 23.6. The lowest BCUT2D eigenvalue weighted by Crippen LogP contribution is -2.51. The van der Waals surface area contributed by atoms with E-state index in [2.05, 4.69) is 57.5 Å². The Labute approximate surface area is 234 Å². The number of imidazole rings is 1. The van der Waals surface area contributed by atoms with Gasteiger partial charge in [0.1, 0.15) is 5.82 Å². The van der Waals surface area contributed by atoms with Crippen LogP contribution < -0.4 is 10.9 Å². The fraction of sp³-hybridized carbons (Fsp3) is 0.484. The number of nitrogens with one attached hydrogen (secondary N) is 2. The highest BCUT2D eigenvalue weighted by atomic mass is 32.2. The summed E-state index contributed by atoms with van der Waals surface area (Å²) in [5, 5.41) is 5.00. The number of aryl methyl sites for hydroxylation is 1. The largest absolute Gasteiger partial charge is 0.378 e. The van der Waals surface area contributed by atoms with Crippen LogP contribution in [0.3, 0.4) is 0 Å². The molecule has 1 aromatic carbocycles. The van der Waals surface area contributed by atoms with Crippen LogP contribution in [0.5, 0.6) is 0 Å². The van der Waals surface area contributed by atoms with Crippen LogP contribution in [0.1, 0.15) is 50.0 Å². The second-order valence-electron chi connectivity index (χ2n) is 11.4. The summed E-state index contributed by atoms with van der Waals surface area (Å²) < 4.78 is 9.99. The summed E-state index contributed by atoms with van der Waals surface area (Å²) in [6, 6.07) is 12.3. The van der Waals surface area contributed by atoms with Crippen LogP contribution in [0, 0.1) is 19.8 Å². The van der Waals surface area contributed by atoms with Gasteiger partial charge in [0, 0.05) is 51.9 Å². The van der Waals surface area contributed by atoms with E-state index >= 15 is 0 Å². The molecule has 4 heterocycles. The number of ether oxygens (including phenoxy) is 1. The highest BCUT2D eigenvalue weighted by Crippen LogP contribution is 2.41. The molecule has 3 aromatic heterocycles. The maximum absolute atomic E-state index is 13.0. The molecule has 1 saturated carbocycles. The molecule has 0 amide bonds. The Bertz CT molecular complexity index is 1560. The number of aromatic amines is 1. The van der Waals surface area contributed by atoms with Crippen LogP contribution in [-0.2, 0) is 11.8 Å². The predicted molar refractivity (Wildman–Crippen MR) is 160 cm³/mol. The molecule has 1 saturated heterocycles. The highest BCUT2D eigenvalue weighted by molar-refractivity contribution is 7.98. The van der Waals surface area contributed by atoms with Gasteiger partial charge in [0.15, 0.2) is 0 Å². The van der Waals surface area contributed by atoms with Crippen LogP contribution in [0.15, 0.2) is 46.2 Å². The molecule has 1 aliphatic carbocycles. The third-order valence-electron chi connectivity index (χ3n) is 8.95. The smallest absolute Gasteiger partial charge is 0.258 e. The van der Waals surface area contributed by atoms with Crippen molar-refractivity contribution in [3.63, 3.8) is 0 Å². The number of fused-ring (bicyclic) bond motifs is 1. The van der Waals surface area contributed by atoms with E-state index in [1.54, 1.807) is 11.8 Å². The predicted octanol–water partition coefficient (Wildman–Crippen LogP) is 5.84. The molecule has 1 atom stereocenters. The van der Waals surface area contributed by atoms with E-state index in [-0.39, 0.29) is 5.56 Å². The number of hydrogen-bond donors (Lipinski definition) is 2. The number of rotatable bonds is 7. The van der Waals surface area contributed by atoms with Gasteiger partial charge in [-0.15, -0.1) is 11.8 Å². The lowest BCUT2D eigenvalue weighted by atomic mass is 9.81. The van der Waals surface area contributed by atoms with E-state index in [0.717, 1.165) is 40.9 Å². The Morgan fingerprint density at radius 2 is 1.85 bits per heavy atom. The van der Waals surface area contributed by atoms with Crippen molar-refractivity contribution < 1.29 is 4.74 Å². The van der Waals surface area contributed by atoms with Crippen molar-refractivity contribution in [2.75, 3.05) is 19.5 Å². The molecule has 206 valence electrons. The summed E-state index contributed by atoms with van der Waals surface area (Å²) >= 11 is 1.59. The second-order valence-corrected chi connectivity index (χ2v) is 12.2. The van der Waals surface area contributed by atoms with Crippen molar-refractivity contribution in [3.8, 4) is 22.6 Å². The van der Waals surface area contributed by atoms with Crippen LogP contribution in [0.2, 0.25) is 0 Å². The van der Waals surface area contributed by atoms with E-state index in [4.69, 9.17) is 9.72 Å². The van der Waals surface area contributed by atoms with Crippen LogP contribution in [0.4, 0.5) is 0 Å². The minimum absolute atomic E-state index is 0.0726. The molecule has 7 nitrogen and oxygen atoms in total. The maximum atomic E-state index is 13.0. The molecular weight excluding hydrogens is 506 g/mol. The molecule has 39 heavy (non-hydrogen) atoms.